The molecule has 5 nitrogen and oxygen atoms in total. The Morgan fingerprint density at radius 3 is 2.57 bits per heavy atom. The van der Waals surface area contributed by atoms with Crippen molar-refractivity contribution in [3.63, 3.8) is 0 Å². The number of carbonyl (C=O) groups excluding carboxylic acids is 1. The second-order valence-electron chi connectivity index (χ2n) is 4.25. The molecule has 2 aromatic carbocycles. The maximum Gasteiger partial charge on any atom is 0.259 e. The monoisotopic (exact) mass is 290 g/mol. The van der Waals surface area contributed by atoms with Gasteiger partial charge in [0.1, 0.15) is 17.3 Å². The number of ether oxygens (including phenoxy) is 2. The van der Waals surface area contributed by atoms with Gasteiger partial charge in [-0.3, -0.25) is 4.79 Å². The standard InChI is InChI=1S/C15H15FN2O3/c1-20-10-4-5-11(14(8-10)21-2)15(19)18-13-7-9(16)3-6-12(13)17/h3-8H,17H2,1-2H3,(H,18,19). The highest BCUT2D eigenvalue weighted by atomic mass is 19.1. The molecule has 0 radical (unpaired) electrons. The molecule has 0 aliphatic carbocycles. The predicted octanol–water partition coefficient (Wildman–Crippen LogP) is 2.68. The predicted molar refractivity (Wildman–Crippen MR) is 78.3 cm³/mol. The molecule has 1 amide bonds. The minimum absolute atomic E-state index is 0.206. The van der Waals surface area contributed by atoms with Crippen LogP contribution in [0.25, 0.3) is 0 Å². The van der Waals surface area contributed by atoms with E-state index in [2.05, 4.69) is 5.32 Å². The Kier molecular flexibility index (Phi) is 4.27. The van der Waals surface area contributed by atoms with Crippen molar-refractivity contribution in [1.29, 1.82) is 0 Å². The van der Waals surface area contributed by atoms with Gasteiger partial charge in [0.05, 0.1) is 31.2 Å². The van der Waals surface area contributed by atoms with Crippen LogP contribution in [-0.4, -0.2) is 20.1 Å². The van der Waals surface area contributed by atoms with Gasteiger partial charge in [0.15, 0.2) is 0 Å². The third kappa shape index (κ3) is 3.22. The fourth-order valence-electron chi connectivity index (χ4n) is 1.81. The van der Waals surface area contributed by atoms with Gasteiger partial charge in [0.2, 0.25) is 0 Å². The molecule has 0 aliphatic rings. The minimum Gasteiger partial charge on any atom is -0.497 e. The first-order chi connectivity index (χ1) is 10.0. The van der Waals surface area contributed by atoms with Gasteiger partial charge in [-0.1, -0.05) is 0 Å². The topological polar surface area (TPSA) is 73.6 Å². The number of hydrogen-bond donors (Lipinski definition) is 2. The fraction of sp³-hybridized carbons (Fsp3) is 0.133. The summed E-state index contributed by atoms with van der Waals surface area (Å²) in [7, 11) is 2.96. The van der Waals surface area contributed by atoms with Gasteiger partial charge in [-0.15, -0.1) is 0 Å². The van der Waals surface area contributed by atoms with E-state index in [1.54, 1.807) is 18.2 Å². The van der Waals surface area contributed by atoms with Crippen molar-refractivity contribution in [2.75, 3.05) is 25.3 Å². The highest BCUT2D eigenvalue weighted by Gasteiger charge is 2.14. The zero-order valence-corrected chi connectivity index (χ0v) is 11.6. The lowest BCUT2D eigenvalue weighted by Crippen LogP contribution is -2.14. The van der Waals surface area contributed by atoms with Crippen LogP contribution in [0.15, 0.2) is 36.4 Å². The first-order valence-electron chi connectivity index (χ1n) is 6.13. The molecule has 6 heteroatoms. The molecule has 0 saturated carbocycles. The largest absolute Gasteiger partial charge is 0.497 e. The van der Waals surface area contributed by atoms with Crippen LogP contribution >= 0.6 is 0 Å². The highest BCUT2D eigenvalue weighted by molar-refractivity contribution is 6.07. The zero-order valence-electron chi connectivity index (χ0n) is 11.6. The van der Waals surface area contributed by atoms with E-state index in [0.717, 1.165) is 6.07 Å². The van der Waals surface area contributed by atoms with Crippen LogP contribution in [0.5, 0.6) is 11.5 Å². The van der Waals surface area contributed by atoms with Crippen LogP contribution in [-0.2, 0) is 0 Å². The average Bonchev–Trinajstić information content (AvgIpc) is 2.50. The Hall–Kier alpha value is -2.76. The summed E-state index contributed by atoms with van der Waals surface area (Å²) in [4.78, 5) is 12.2. The molecule has 0 aromatic heterocycles. The Bertz CT molecular complexity index is 674. The van der Waals surface area contributed by atoms with Crippen LogP contribution in [0.1, 0.15) is 10.4 Å². The van der Waals surface area contributed by atoms with E-state index in [1.807, 2.05) is 0 Å². The number of nitrogen functional groups attached to an aromatic ring is 1. The zero-order chi connectivity index (χ0) is 15.4. The van der Waals surface area contributed by atoms with E-state index in [9.17, 15) is 9.18 Å². The van der Waals surface area contributed by atoms with Crippen molar-refractivity contribution in [1.82, 2.24) is 0 Å². The highest BCUT2D eigenvalue weighted by Crippen LogP contribution is 2.26. The lowest BCUT2D eigenvalue weighted by molar-refractivity contribution is 0.102. The summed E-state index contributed by atoms with van der Waals surface area (Å²) >= 11 is 0. The van der Waals surface area contributed by atoms with Gasteiger partial charge in [0.25, 0.3) is 5.91 Å². The number of carbonyl (C=O) groups is 1. The number of methoxy groups -OCH3 is 2. The minimum atomic E-state index is -0.485. The van der Waals surface area contributed by atoms with Crippen molar-refractivity contribution in [3.8, 4) is 11.5 Å². The number of halogens is 1. The summed E-state index contributed by atoms with van der Waals surface area (Å²) in [5.41, 5.74) is 6.47. The number of rotatable bonds is 4. The number of nitrogens with one attached hydrogen (secondary N) is 1. The van der Waals surface area contributed by atoms with Crippen LogP contribution in [0.2, 0.25) is 0 Å². The first-order valence-corrected chi connectivity index (χ1v) is 6.13. The van der Waals surface area contributed by atoms with Crippen LogP contribution in [0.4, 0.5) is 15.8 Å². The Morgan fingerprint density at radius 2 is 1.90 bits per heavy atom. The Morgan fingerprint density at radius 1 is 1.14 bits per heavy atom. The SMILES string of the molecule is COc1ccc(C(=O)Nc2cc(F)ccc2N)c(OC)c1. The molecule has 21 heavy (non-hydrogen) atoms. The van der Waals surface area contributed by atoms with Gasteiger partial charge >= 0.3 is 0 Å². The summed E-state index contributed by atoms with van der Waals surface area (Å²) in [6, 6.07) is 8.54. The summed E-state index contributed by atoms with van der Waals surface area (Å²) in [5.74, 6) is -0.0245. The molecule has 0 spiro atoms. The van der Waals surface area contributed by atoms with Gasteiger partial charge in [-0.25, -0.2) is 4.39 Å². The Balaban J connectivity index is 2.30. The van der Waals surface area contributed by atoms with E-state index in [0.29, 0.717) is 17.1 Å². The van der Waals surface area contributed by atoms with E-state index in [-0.39, 0.29) is 11.4 Å². The third-order valence-corrected chi connectivity index (χ3v) is 2.92. The lowest BCUT2D eigenvalue weighted by atomic mass is 10.1. The number of anilines is 2. The molecule has 0 atom stereocenters. The summed E-state index contributed by atoms with van der Waals surface area (Å²) in [5, 5.41) is 2.55. The van der Waals surface area contributed by atoms with Crippen LogP contribution in [0.3, 0.4) is 0 Å². The van der Waals surface area contributed by atoms with Crippen molar-refractivity contribution in [2.24, 2.45) is 0 Å². The van der Waals surface area contributed by atoms with Crippen molar-refractivity contribution in [3.05, 3.63) is 47.8 Å². The molecule has 110 valence electrons. The maximum atomic E-state index is 13.2. The van der Waals surface area contributed by atoms with Crippen molar-refractivity contribution >= 4 is 17.3 Å². The quantitative estimate of drug-likeness (QED) is 0.849. The average molecular weight is 290 g/mol. The molecule has 0 bridgehead atoms. The fourth-order valence-corrected chi connectivity index (χ4v) is 1.81. The molecule has 0 fully saturated rings. The lowest BCUT2D eigenvalue weighted by Gasteiger charge is -2.12. The Labute approximate surface area is 121 Å². The number of amides is 1. The number of benzene rings is 2. The normalized spacial score (nSPS) is 10.0. The molecule has 0 heterocycles. The van der Waals surface area contributed by atoms with Crippen LogP contribution < -0.4 is 20.5 Å². The van der Waals surface area contributed by atoms with Gasteiger partial charge < -0.3 is 20.5 Å². The molecular formula is C15H15FN2O3. The third-order valence-electron chi connectivity index (χ3n) is 2.92. The molecule has 0 unspecified atom stereocenters. The second-order valence-corrected chi connectivity index (χ2v) is 4.25. The van der Waals surface area contributed by atoms with Gasteiger partial charge in [-0.2, -0.15) is 0 Å². The summed E-state index contributed by atoms with van der Waals surface area (Å²) < 4.78 is 23.4. The number of hydrogen-bond acceptors (Lipinski definition) is 4. The maximum absolute atomic E-state index is 13.2. The molecular weight excluding hydrogens is 275 g/mol. The molecule has 0 saturated heterocycles. The van der Waals surface area contributed by atoms with E-state index >= 15 is 0 Å². The second kappa shape index (κ2) is 6.13. The summed E-state index contributed by atoms with van der Waals surface area (Å²) in [6.45, 7) is 0. The van der Waals surface area contributed by atoms with E-state index in [1.165, 1.54) is 26.4 Å². The smallest absolute Gasteiger partial charge is 0.259 e. The van der Waals surface area contributed by atoms with E-state index < -0.39 is 11.7 Å². The van der Waals surface area contributed by atoms with Gasteiger partial charge in [-0.05, 0) is 30.3 Å². The van der Waals surface area contributed by atoms with Gasteiger partial charge in [0, 0.05) is 6.07 Å². The van der Waals surface area contributed by atoms with Crippen molar-refractivity contribution < 1.29 is 18.7 Å². The molecule has 3 N–H and O–H groups in total. The van der Waals surface area contributed by atoms with Crippen LogP contribution in [0, 0.1) is 5.82 Å². The first kappa shape index (κ1) is 14.6. The summed E-state index contributed by atoms with van der Waals surface area (Å²) in [6.07, 6.45) is 0. The van der Waals surface area contributed by atoms with Crippen molar-refractivity contribution in [2.45, 2.75) is 0 Å². The molecule has 2 aromatic rings. The van der Waals surface area contributed by atoms with E-state index in [4.69, 9.17) is 15.2 Å². The number of nitrogens with two attached hydrogens (primary N) is 1. The molecule has 2 rings (SSSR count). The molecule has 0 aliphatic heterocycles.